The number of ether oxygens (including phenoxy) is 1. The van der Waals surface area contributed by atoms with E-state index in [9.17, 15) is 8.42 Å². The van der Waals surface area contributed by atoms with Crippen molar-refractivity contribution in [2.75, 3.05) is 19.4 Å². The topological polar surface area (TPSA) is 77.3 Å². The molecule has 2 aromatic rings. The number of rotatable bonds is 5. The van der Waals surface area contributed by atoms with Gasteiger partial charge in [-0.2, -0.15) is 4.31 Å². The highest BCUT2D eigenvalue weighted by molar-refractivity contribution is 7.88. The average Bonchev–Trinajstić information content (AvgIpc) is 2.92. The van der Waals surface area contributed by atoms with Crippen LogP contribution in [0.25, 0.3) is 0 Å². The molecule has 2 aromatic heterocycles. The van der Waals surface area contributed by atoms with Crippen LogP contribution in [0.15, 0.2) is 30.6 Å². The van der Waals surface area contributed by atoms with E-state index in [1.54, 1.807) is 12.4 Å². The average molecular weight is 336 g/mol. The maximum Gasteiger partial charge on any atom is 0.213 e. The molecule has 1 atom stereocenters. The highest BCUT2D eigenvalue weighted by Crippen LogP contribution is 2.27. The summed E-state index contributed by atoms with van der Waals surface area (Å²) in [5, 5.41) is 0. The van der Waals surface area contributed by atoms with Crippen molar-refractivity contribution in [1.29, 1.82) is 0 Å². The molecule has 8 heteroatoms. The predicted molar refractivity (Wildman–Crippen MR) is 85.6 cm³/mol. The van der Waals surface area contributed by atoms with Gasteiger partial charge in [-0.15, -0.1) is 0 Å². The summed E-state index contributed by atoms with van der Waals surface area (Å²) in [6.07, 6.45) is 5.44. The molecule has 0 fully saturated rings. The molecule has 23 heavy (non-hydrogen) atoms. The van der Waals surface area contributed by atoms with Crippen molar-refractivity contribution in [3.05, 3.63) is 42.1 Å². The van der Waals surface area contributed by atoms with Crippen molar-refractivity contribution in [1.82, 2.24) is 18.8 Å². The van der Waals surface area contributed by atoms with Gasteiger partial charge in [-0.3, -0.25) is 0 Å². The van der Waals surface area contributed by atoms with Crippen molar-refractivity contribution in [3.8, 4) is 5.88 Å². The largest absolute Gasteiger partial charge is 0.477 e. The van der Waals surface area contributed by atoms with Gasteiger partial charge >= 0.3 is 0 Å². The number of aromatic nitrogens is 3. The summed E-state index contributed by atoms with van der Waals surface area (Å²) in [5.41, 5.74) is 1.05. The fraction of sp³-hybridized carbons (Fsp3) is 0.467. The Morgan fingerprint density at radius 1 is 1.30 bits per heavy atom. The van der Waals surface area contributed by atoms with E-state index in [4.69, 9.17) is 4.74 Å². The van der Waals surface area contributed by atoms with Crippen LogP contribution < -0.4 is 4.74 Å². The van der Waals surface area contributed by atoms with Crippen LogP contribution in [0.4, 0.5) is 0 Å². The molecule has 7 nitrogen and oxygen atoms in total. The van der Waals surface area contributed by atoms with Crippen LogP contribution in [0.2, 0.25) is 0 Å². The fourth-order valence-corrected chi connectivity index (χ4v) is 3.97. The van der Waals surface area contributed by atoms with Gasteiger partial charge in [-0.1, -0.05) is 6.07 Å². The summed E-state index contributed by atoms with van der Waals surface area (Å²) in [5.74, 6) is 1.39. The second-order valence-electron chi connectivity index (χ2n) is 5.58. The molecule has 0 spiro atoms. The van der Waals surface area contributed by atoms with E-state index in [0.717, 1.165) is 11.5 Å². The first kappa shape index (κ1) is 15.9. The molecule has 3 heterocycles. The molecule has 1 unspecified atom stereocenters. The van der Waals surface area contributed by atoms with E-state index in [1.807, 2.05) is 25.1 Å². The molecule has 0 bridgehead atoms. The van der Waals surface area contributed by atoms with Crippen LogP contribution in [0.1, 0.15) is 24.5 Å². The number of nitrogens with zero attached hydrogens (tertiary/aromatic N) is 4. The lowest BCUT2D eigenvalue weighted by Crippen LogP contribution is -2.41. The Balaban J connectivity index is 1.68. The lowest BCUT2D eigenvalue weighted by Gasteiger charge is -2.32. The number of imidazole rings is 1. The van der Waals surface area contributed by atoms with Gasteiger partial charge in [0.15, 0.2) is 0 Å². The van der Waals surface area contributed by atoms with Crippen LogP contribution in [-0.2, 0) is 23.0 Å². The van der Waals surface area contributed by atoms with Gasteiger partial charge in [-0.25, -0.2) is 18.4 Å². The first-order valence-electron chi connectivity index (χ1n) is 7.52. The number of pyridine rings is 1. The van der Waals surface area contributed by atoms with Gasteiger partial charge in [0.2, 0.25) is 15.9 Å². The van der Waals surface area contributed by atoms with E-state index in [1.165, 1.54) is 10.6 Å². The van der Waals surface area contributed by atoms with Crippen molar-refractivity contribution in [3.63, 3.8) is 0 Å². The maximum absolute atomic E-state index is 11.8. The van der Waals surface area contributed by atoms with Crippen LogP contribution in [0, 0.1) is 0 Å². The van der Waals surface area contributed by atoms with Crippen LogP contribution in [-0.4, -0.2) is 46.7 Å². The minimum Gasteiger partial charge on any atom is -0.477 e. The standard InChI is InChI=1S/C15H20N4O3S/c1-12-15-17-11-13(6-10-22-14-5-3-4-7-16-14)18(15)8-9-19(12)23(2,20)21/h3-5,7,11-12H,6,8-10H2,1-2H3. The molecular weight excluding hydrogens is 316 g/mol. The summed E-state index contributed by atoms with van der Waals surface area (Å²) in [6, 6.07) is 5.29. The van der Waals surface area contributed by atoms with Gasteiger partial charge in [0, 0.05) is 43.7 Å². The lowest BCUT2D eigenvalue weighted by atomic mass is 10.2. The Morgan fingerprint density at radius 3 is 2.83 bits per heavy atom. The van der Waals surface area contributed by atoms with Crippen LogP contribution in [0.5, 0.6) is 5.88 Å². The second-order valence-corrected chi connectivity index (χ2v) is 7.51. The van der Waals surface area contributed by atoms with E-state index < -0.39 is 10.0 Å². The molecule has 0 radical (unpaired) electrons. The number of hydrogen-bond acceptors (Lipinski definition) is 5. The number of fused-ring (bicyclic) bond motifs is 1. The molecule has 1 aliphatic rings. The third-order valence-electron chi connectivity index (χ3n) is 3.99. The molecule has 124 valence electrons. The van der Waals surface area contributed by atoms with Crippen LogP contribution in [0.3, 0.4) is 0 Å². The third-order valence-corrected chi connectivity index (χ3v) is 5.34. The van der Waals surface area contributed by atoms with Crippen molar-refractivity contribution >= 4 is 10.0 Å². The molecule has 0 aliphatic carbocycles. The Labute approximate surface area is 136 Å². The summed E-state index contributed by atoms with van der Waals surface area (Å²) >= 11 is 0. The van der Waals surface area contributed by atoms with E-state index in [-0.39, 0.29) is 6.04 Å². The predicted octanol–water partition coefficient (Wildman–Crippen LogP) is 1.24. The first-order chi connectivity index (χ1) is 11.0. The quantitative estimate of drug-likeness (QED) is 0.821. The Hall–Kier alpha value is -1.93. The van der Waals surface area contributed by atoms with Crippen molar-refractivity contribution in [2.45, 2.75) is 25.9 Å². The minimum absolute atomic E-state index is 0.246. The molecule has 0 saturated carbocycles. The van der Waals surface area contributed by atoms with Gasteiger partial charge in [0.05, 0.1) is 18.9 Å². The zero-order valence-electron chi connectivity index (χ0n) is 13.2. The Bertz CT molecular complexity index is 773. The molecular formula is C15H20N4O3S. The first-order valence-corrected chi connectivity index (χ1v) is 9.36. The molecule has 3 rings (SSSR count). The van der Waals surface area contributed by atoms with E-state index in [2.05, 4.69) is 14.5 Å². The molecule has 0 aromatic carbocycles. The SMILES string of the molecule is CC1c2ncc(CCOc3ccccn3)n2CCN1S(C)(=O)=O. The van der Waals surface area contributed by atoms with Crippen molar-refractivity contribution < 1.29 is 13.2 Å². The normalized spacial score (nSPS) is 18.6. The smallest absolute Gasteiger partial charge is 0.213 e. The highest BCUT2D eigenvalue weighted by Gasteiger charge is 2.32. The highest BCUT2D eigenvalue weighted by atomic mass is 32.2. The number of sulfonamides is 1. The number of hydrogen-bond donors (Lipinski definition) is 0. The molecule has 0 amide bonds. The molecule has 0 saturated heterocycles. The minimum atomic E-state index is -3.21. The maximum atomic E-state index is 11.8. The molecule has 0 N–H and O–H groups in total. The van der Waals surface area contributed by atoms with E-state index in [0.29, 0.717) is 32.0 Å². The van der Waals surface area contributed by atoms with Gasteiger partial charge < -0.3 is 9.30 Å². The Kier molecular flexibility index (Phi) is 4.36. The summed E-state index contributed by atoms with van der Waals surface area (Å²) < 4.78 is 32.8. The lowest BCUT2D eigenvalue weighted by molar-refractivity contribution is 0.269. The van der Waals surface area contributed by atoms with Gasteiger partial charge in [-0.05, 0) is 13.0 Å². The second kappa shape index (κ2) is 6.29. The summed E-state index contributed by atoms with van der Waals surface area (Å²) in [7, 11) is -3.21. The van der Waals surface area contributed by atoms with Crippen molar-refractivity contribution in [2.24, 2.45) is 0 Å². The zero-order chi connectivity index (χ0) is 16.4. The summed E-state index contributed by atoms with van der Waals surface area (Å²) in [6.45, 7) is 3.46. The summed E-state index contributed by atoms with van der Waals surface area (Å²) in [4.78, 5) is 8.53. The third kappa shape index (κ3) is 3.37. The zero-order valence-corrected chi connectivity index (χ0v) is 14.0. The fourth-order valence-electron chi connectivity index (χ4n) is 2.88. The molecule has 1 aliphatic heterocycles. The van der Waals surface area contributed by atoms with Crippen LogP contribution >= 0.6 is 0 Å². The van der Waals surface area contributed by atoms with Gasteiger partial charge in [0.25, 0.3) is 0 Å². The Morgan fingerprint density at radius 2 is 2.13 bits per heavy atom. The van der Waals surface area contributed by atoms with E-state index >= 15 is 0 Å². The van der Waals surface area contributed by atoms with Gasteiger partial charge in [0.1, 0.15) is 5.82 Å². The monoisotopic (exact) mass is 336 g/mol.